The van der Waals surface area contributed by atoms with Crippen LogP contribution in [0, 0.1) is 6.92 Å². The van der Waals surface area contributed by atoms with E-state index in [-0.39, 0.29) is 11.5 Å². The van der Waals surface area contributed by atoms with Crippen LogP contribution in [0.2, 0.25) is 0 Å². The standard InChI is InChI=1S/C18H19N3O2S/c1-4-13-5-7-14(8-6-13)20-16(22)12(3)21-10-19-17-15(18(21)23)9-11(2)24-17/h5-10,12H,4H2,1-3H3,(H,20,22). The predicted molar refractivity (Wildman–Crippen MR) is 97.8 cm³/mol. The molecule has 1 atom stereocenters. The average Bonchev–Trinajstić information content (AvgIpc) is 2.97. The lowest BCUT2D eigenvalue weighted by molar-refractivity contribution is -0.118. The molecule has 6 heteroatoms. The Kier molecular flexibility index (Phi) is 4.49. The SMILES string of the molecule is CCc1ccc(NC(=O)C(C)n2cnc3sc(C)cc3c2=O)cc1. The summed E-state index contributed by atoms with van der Waals surface area (Å²) in [6.07, 6.45) is 2.40. The number of nitrogens with one attached hydrogen (secondary N) is 1. The quantitative estimate of drug-likeness (QED) is 0.789. The van der Waals surface area contributed by atoms with Crippen molar-refractivity contribution in [2.45, 2.75) is 33.2 Å². The summed E-state index contributed by atoms with van der Waals surface area (Å²) in [6, 6.07) is 8.88. The van der Waals surface area contributed by atoms with Crippen LogP contribution in [0.3, 0.4) is 0 Å². The summed E-state index contributed by atoms with van der Waals surface area (Å²) in [5.41, 5.74) is 1.74. The number of thiophene rings is 1. The fourth-order valence-corrected chi connectivity index (χ4v) is 3.37. The topological polar surface area (TPSA) is 64.0 Å². The largest absolute Gasteiger partial charge is 0.324 e. The van der Waals surface area contributed by atoms with E-state index < -0.39 is 6.04 Å². The minimum atomic E-state index is -0.638. The van der Waals surface area contributed by atoms with Crippen molar-refractivity contribution in [3.05, 3.63) is 57.5 Å². The van der Waals surface area contributed by atoms with Gasteiger partial charge in [0.15, 0.2) is 0 Å². The number of benzene rings is 1. The summed E-state index contributed by atoms with van der Waals surface area (Å²) in [5, 5.41) is 3.41. The first-order valence-electron chi connectivity index (χ1n) is 7.86. The van der Waals surface area contributed by atoms with Gasteiger partial charge in [0.1, 0.15) is 10.9 Å². The third-order valence-corrected chi connectivity index (χ3v) is 4.98. The van der Waals surface area contributed by atoms with Crippen molar-refractivity contribution in [1.82, 2.24) is 9.55 Å². The second-order valence-corrected chi connectivity index (χ2v) is 6.98. The number of aromatic nitrogens is 2. The number of rotatable bonds is 4. The first-order valence-corrected chi connectivity index (χ1v) is 8.68. The molecule has 0 spiro atoms. The van der Waals surface area contributed by atoms with Gasteiger partial charge in [-0.05, 0) is 44.0 Å². The third-order valence-electron chi connectivity index (χ3n) is 4.03. The highest BCUT2D eigenvalue weighted by Crippen LogP contribution is 2.20. The molecule has 0 aliphatic carbocycles. The van der Waals surface area contributed by atoms with Crippen LogP contribution in [-0.4, -0.2) is 15.5 Å². The van der Waals surface area contributed by atoms with Gasteiger partial charge in [0, 0.05) is 10.6 Å². The fraction of sp³-hybridized carbons (Fsp3) is 0.278. The van der Waals surface area contributed by atoms with Crippen molar-refractivity contribution >= 4 is 33.1 Å². The Balaban J connectivity index is 1.84. The van der Waals surface area contributed by atoms with Crippen LogP contribution in [0.4, 0.5) is 5.69 Å². The summed E-state index contributed by atoms with van der Waals surface area (Å²) in [7, 11) is 0. The van der Waals surface area contributed by atoms with Gasteiger partial charge in [0.05, 0.1) is 11.7 Å². The lowest BCUT2D eigenvalue weighted by atomic mass is 10.1. The van der Waals surface area contributed by atoms with Crippen LogP contribution in [0.1, 0.15) is 30.3 Å². The molecule has 0 aliphatic heterocycles. The molecule has 2 heterocycles. The van der Waals surface area contributed by atoms with Crippen LogP contribution in [0.25, 0.3) is 10.2 Å². The van der Waals surface area contributed by atoms with Crippen LogP contribution in [0.5, 0.6) is 0 Å². The van der Waals surface area contributed by atoms with E-state index in [1.165, 1.54) is 27.8 Å². The van der Waals surface area contributed by atoms with E-state index in [0.717, 1.165) is 17.0 Å². The first kappa shape index (κ1) is 16.4. The Morgan fingerprint density at radius 2 is 2.04 bits per heavy atom. The van der Waals surface area contributed by atoms with Gasteiger partial charge in [-0.1, -0.05) is 19.1 Å². The van der Waals surface area contributed by atoms with E-state index in [1.54, 1.807) is 6.92 Å². The van der Waals surface area contributed by atoms with Crippen molar-refractivity contribution in [3.8, 4) is 0 Å². The number of anilines is 1. The maximum absolute atomic E-state index is 12.6. The maximum atomic E-state index is 12.6. The predicted octanol–water partition coefficient (Wildman–Crippen LogP) is 3.53. The van der Waals surface area contributed by atoms with Crippen molar-refractivity contribution in [3.63, 3.8) is 0 Å². The van der Waals surface area contributed by atoms with Gasteiger partial charge in [-0.25, -0.2) is 4.98 Å². The smallest absolute Gasteiger partial charge is 0.262 e. The molecule has 24 heavy (non-hydrogen) atoms. The van der Waals surface area contributed by atoms with Crippen molar-refractivity contribution < 1.29 is 4.79 Å². The van der Waals surface area contributed by atoms with E-state index in [0.29, 0.717) is 10.2 Å². The van der Waals surface area contributed by atoms with Gasteiger partial charge in [-0.3, -0.25) is 14.2 Å². The Labute approximate surface area is 144 Å². The zero-order chi connectivity index (χ0) is 17.3. The van der Waals surface area contributed by atoms with Gasteiger partial charge in [0.25, 0.3) is 5.56 Å². The fourth-order valence-electron chi connectivity index (χ4n) is 2.53. The monoisotopic (exact) mass is 341 g/mol. The minimum Gasteiger partial charge on any atom is -0.324 e. The van der Waals surface area contributed by atoms with Gasteiger partial charge >= 0.3 is 0 Å². The molecule has 0 saturated heterocycles. The molecule has 0 saturated carbocycles. The maximum Gasteiger partial charge on any atom is 0.262 e. The number of carbonyl (C=O) groups is 1. The molecule has 5 nitrogen and oxygen atoms in total. The number of aryl methyl sites for hydroxylation is 2. The molecule has 3 aromatic rings. The Hall–Kier alpha value is -2.47. The zero-order valence-electron chi connectivity index (χ0n) is 13.9. The molecule has 1 amide bonds. The van der Waals surface area contributed by atoms with Crippen LogP contribution in [0.15, 0.2) is 41.5 Å². The number of carbonyl (C=O) groups excluding carboxylic acids is 1. The molecule has 0 bridgehead atoms. The summed E-state index contributed by atoms with van der Waals surface area (Å²) in [4.78, 5) is 31.1. The summed E-state index contributed by atoms with van der Waals surface area (Å²) >= 11 is 1.48. The molecule has 1 unspecified atom stereocenters. The van der Waals surface area contributed by atoms with E-state index in [1.807, 2.05) is 37.3 Å². The van der Waals surface area contributed by atoms with Gasteiger partial charge in [-0.15, -0.1) is 11.3 Å². The Morgan fingerprint density at radius 3 is 2.71 bits per heavy atom. The van der Waals surface area contributed by atoms with Gasteiger partial charge < -0.3 is 5.32 Å². The van der Waals surface area contributed by atoms with Gasteiger partial charge in [-0.2, -0.15) is 0 Å². The first-order chi connectivity index (χ1) is 11.5. The van der Waals surface area contributed by atoms with E-state index in [4.69, 9.17) is 0 Å². The second-order valence-electron chi connectivity index (χ2n) is 5.75. The van der Waals surface area contributed by atoms with E-state index in [2.05, 4.69) is 17.2 Å². The third kappa shape index (κ3) is 3.10. The molecule has 124 valence electrons. The van der Waals surface area contributed by atoms with Crippen LogP contribution < -0.4 is 10.9 Å². The number of nitrogens with zero attached hydrogens (tertiary/aromatic N) is 2. The van der Waals surface area contributed by atoms with E-state index >= 15 is 0 Å². The number of amides is 1. The molecule has 0 fully saturated rings. The molecular weight excluding hydrogens is 322 g/mol. The van der Waals surface area contributed by atoms with Crippen molar-refractivity contribution in [2.75, 3.05) is 5.32 Å². The molecule has 1 aromatic carbocycles. The lowest BCUT2D eigenvalue weighted by Crippen LogP contribution is -2.31. The normalized spacial score (nSPS) is 12.3. The zero-order valence-corrected chi connectivity index (χ0v) is 14.7. The highest BCUT2D eigenvalue weighted by atomic mass is 32.1. The Morgan fingerprint density at radius 1 is 1.33 bits per heavy atom. The summed E-state index contributed by atoms with van der Waals surface area (Å²) in [5.74, 6) is -0.241. The molecule has 2 aromatic heterocycles. The van der Waals surface area contributed by atoms with Gasteiger partial charge in [0.2, 0.25) is 5.91 Å². The molecular formula is C18H19N3O2S. The molecule has 3 rings (SSSR count). The van der Waals surface area contributed by atoms with Crippen LogP contribution >= 0.6 is 11.3 Å². The Bertz CT molecular complexity index is 941. The number of hydrogen-bond acceptors (Lipinski definition) is 4. The highest BCUT2D eigenvalue weighted by molar-refractivity contribution is 7.18. The average molecular weight is 341 g/mol. The lowest BCUT2D eigenvalue weighted by Gasteiger charge is -2.15. The van der Waals surface area contributed by atoms with E-state index in [9.17, 15) is 9.59 Å². The highest BCUT2D eigenvalue weighted by Gasteiger charge is 2.18. The number of hydrogen-bond donors (Lipinski definition) is 1. The van der Waals surface area contributed by atoms with Crippen LogP contribution in [-0.2, 0) is 11.2 Å². The number of fused-ring (bicyclic) bond motifs is 1. The molecule has 1 N–H and O–H groups in total. The van der Waals surface area contributed by atoms with Crippen molar-refractivity contribution in [1.29, 1.82) is 0 Å². The van der Waals surface area contributed by atoms with Crippen molar-refractivity contribution in [2.24, 2.45) is 0 Å². The minimum absolute atomic E-state index is 0.187. The molecule has 0 aliphatic rings. The summed E-state index contributed by atoms with van der Waals surface area (Å²) in [6.45, 7) is 5.72. The molecule has 0 radical (unpaired) electrons. The second kappa shape index (κ2) is 6.57. The summed E-state index contributed by atoms with van der Waals surface area (Å²) < 4.78 is 1.38.